The van der Waals surface area contributed by atoms with Crippen LogP contribution in [0.5, 0.6) is 0 Å². The van der Waals surface area contributed by atoms with Gasteiger partial charge in [-0.2, -0.15) is 0 Å². The molecule has 0 atom stereocenters. The Hall–Kier alpha value is -1.64. The summed E-state index contributed by atoms with van der Waals surface area (Å²) in [5.74, 6) is 0.778. The summed E-state index contributed by atoms with van der Waals surface area (Å²) in [4.78, 5) is 18.9. The minimum absolute atomic E-state index is 0.0385. The van der Waals surface area contributed by atoms with Crippen LogP contribution in [-0.4, -0.2) is 9.97 Å². The summed E-state index contributed by atoms with van der Waals surface area (Å²) in [6.07, 6.45) is 1.80. The van der Waals surface area contributed by atoms with Crippen molar-refractivity contribution in [3.63, 3.8) is 0 Å². The first-order chi connectivity index (χ1) is 7.20. The first kappa shape index (κ1) is 9.90. The Balaban J connectivity index is 2.68. The topological polar surface area (TPSA) is 45.8 Å². The highest BCUT2D eigenvalue weighted by molar-refractivity contribution is 5.78. The van der Waals surface area contributed by atoms with E-state index in [9.17, 15) is 4.79 Å². The van der Waals surface area contributed by atoms with E-state index in [1.807, 2.05) is 25.1 Å². The van der Waals surface area contributed by atoms with Gasteiger partial charge in [-0.05, 0) is 31.0 Å². The summed E-state index contributed by atoms with van der Waals surface area (Å²) in [6.45, 7) is 4.07. The molecule has 0 fully saturated rings. The Kier molecular flexibility index (Phi) is 2.54. The van der Waals surface area contributed by atoms with Gasteiger partial charge in [0, 0.05) is 6.42 Å². The molecule has 1 N–H and O–H groups in total. The highest BCUT2D eigenvalue weighted by atomic mass is 16.1. The molecule has 1 aromatic carbocycles. The third kappa shape index (κ3) is 1.91. The number of nitrogens with zero attached hydrogens (tertiary/aromatic N) is 1. The predicted molar refractivity (Wildman–Crippen MR) is 61.1 cm³/mol. The lowest BCUT2D eigenvalue weighted by molar-refractivity contribution is 0.837. The molecule has 3 heteroatoms. The molecule has 1 aromatic heterocycles. The van der Waals surface area contributed by atoms with Crippen LogP contribution in [-0.2, 0) is 6.42 Å². The van der Waals surface area contributed by atoms with Crippen molar-refractivity contribution < 1.29 is 0 Å². The van der Waals surface area contributed by atoms with E-state index in [2.05, 4.69) is 16.9 Å². The Morgan fingerprint density at radius 3 is 2.93 bits per heavy atom. The lowest BCUT2D eigenvalue weighted by atomic mass is 10.2. The van der Waals surface area contributed by atoms with Gasteiger partial charge >= 0.3 is 0 Å². The van der Waals surface area contributed by atoms with E-state index in [0.29, 0.717) is 5.39 Å². The summed E-state index contributed by atoms with van der Waals surface area (Å²) in [7, 11) is 0. The fourth-order valence-corrected chi connectivity index (χ4v) is 1.65. The summed E-state index contributed by atoms with van der Waals surface area (Å²) < 4.78 is 0. The van der Waals surface area contributed by atoms with Crippen molar-refractivity contribution in [1.29, 1.82) is 0 Å². The molecule has 3 nitrogen and oxygen atoms in total. The van der Waals surface area contributed by atoms with Crippen LogP contribution in [0.25, 0.3) is 10.9 Å². The number of aromatic nitrogens is 2. The second kappa shape index (κ2) is 3.85. The quantitative estimate of drug-likeness (QED) is 0.811. The van der Waals surface area contributed by atoms with Gasteiger partial charge in [0.2, 0.25) is 0 Å². The van der Waals surface area contributed by atoms with Crippen molar-refractivity contribution in [2.24, 2.45) is 0 Å². The van der Waals surface area contributed by atoms with Gasteiger partial charge in [-0.15, -0.1) is 0 Å². The summed E-state index contributed by atoms with van der Waals surface area (Å²) in [5, 5.41) is 0.667. The van der Waals surface area contributed by atoms with Gasteiger partial charge < -0.3 is 4.98 Å². The maximum Gasteiger partial charge on any atom is 0.258 e. The van der Waals surface area contributed by atoms with Crippen molar-refractivity contribution in [2.75, 3.05) is 0 Å². The van der Waals surface area contributed by atoms with Crippen molar-refractivity contribution in [3.8, 4) is 0 Å². The van der Waals surface area contributed by atoms with E-state index in [1.165, 1.54) is 0 Å². The van der Waals surface area contributed by atoms with Gasteiger partial charge in [-0.3, -0.25) is 4.79 Å². The molecule has 2 rings (SSSR count). The van der Waals surface area contributed by atoms with E-state index in [0.717, 1.165) is 29.7 Å². The zero-order valence-corrected chi connectivity index (χ0v) is 9.00. The van der Waals surface area contributed by atoms with Crippen LogP contribution in [0.4, 0.5) is 0 Å². The van der Waals surface area contributed by atoms with E-state index in [-0.39, 0.29) is 5.56 Å². The molecule has 0 aliphatic heterocycles. The molecule has 0 bridgehead atoms. The van der Waals surface area contributed by atoms with Crippen molar-refractivity contribution in [2.45, 2.75) is 26.7 Å². The monoisotopic (exact) mass is 202 g/mol. The Bertz CT molecular complexity index is 543. The standard InChI is InChI=1S/C12H14N2O/c1-3-4-11-13-10-7-8(2)5-6-9(10)12(15)14-11/h5-7H,3-4H2,1-2H3,(H,13,14,15). The lowest BCUT2D eigenvalue weighted by Crippen LogP contribution is -2.11. The molecule has 0 radical (unpaired) electrons. The molecule has 0 spiro atoms. The first-order valence-corrected chi connectivity index (χ1v) is 5.20. The minimum atomic E-state index is -0.0385. The summed E-state index contributed by atoms with van der Waals surface area (Å²) in [6, 6.07) is 5.70. The highest BCUT2D eigenvalue weighted by Crippen LogP contribution is 2.09. The van der Waals surface area contributed by atoms with Crippen LogP contribution in [0.3, 0.4) is 0 Å². The van der Waals surface area contributed by atoms with Gasteiger partial charge in [0.05, 0.1) is 10.9 Å². The van der Waals surface area contributed by atoms with E-state index < -0.39 is 0 Å². The van der Waals surface area contributed by atoms with Crippen molar-refractivity contribution in [3.05, 3.63) is 39.9 Å². The molecule has 0 saturated heterocycles. The highest BCUT2D eigenvalue weighted by Gasteiger charge is 2.02. The van der Waals surface area contributed by atoms with Crippen LogP contribution in [0.2, 0.25) is 0 Å². The fourth-order valence-electron chi connectivity index (χ4n) is 1.65. The van der Waals surface area contributed by atoms with Crippen LogP contribution in [0.15, 0.2) is 23.0 Å². The number of aryl methyl sites for hydroxylation is 2. The number of hydrogen-bond acceptors (Lipinski definition) is 2. The van der Waals surface area contributed by atoms with Crippen LogP contribution in [0, 0.1) is 6.92 Å². The molecule has 2 aromatic rings. The maximum atomic E-state index is 11.7. The van der Waals surface area contributed by atoms with Crippen LogP contribution in [0.1, 0.15) is 24.7 Å². The second-order valence-electron chi connectivity index (χ2n) is 3.78. The van der Waals surface area contributed by atoms with E-state index in [1.54, 1.807) is 0 Å². The SMILES string of the molecule is CCCc1nc2cc(C)ccc2c(=O)[nH]1. The molecule has 1 heterocycles. The zero-order valence-electron chi connectivity index (χ0n) is 9.00. The lowest BCUT2D eigenvalue weighted by Gasteiger charge is -2.01. The average molecular weight is 202 g/mol. The van der Waals surface area contributed by atoms with Crippen LogP contribution >= 0.6 is 0 Å². The fraction of sp³-hybridized carbons (Fsp3) is 0.333. The number of hydrogen-bond donors (Lipinski definition) is 1. The minimum Gasteiger partial charge on any atom is -0.310 e. The predicted octanol–water partition coefficient (Wildman–Crippen LogP) is 2.18. The van der Waals surface area contributed by atoms with Crippen LogP contribution < -0.4 is 5.56 Å². The number of nitrogens with one attached hydrogen (secondary N) is 1. The molecule has 0 saturated carbocycles. The van der Waals surface area contributed by atoms with Crippen molar-refractivity contribution in [1.82, 2.24) is 9.97 Å². The molecular formula is C12H14N2O. The molecular weight excluding hydrogens is 188 g/mol. The third-order valence-corrected chi connectivity index (χ3v) is 2.40. The largest absolute Gasteiger partial charge is 0.310 e. The number of rotatable bonds is 2. The average Bonchev–Trinajstić information content (AvgIpc) is 2.17. The first-order valence-electron chi connectivity index (χ1n) is 5.20. The maximum absolute atomic E-state index is 11.7. The Morgan fingerprint density at radius 2 is 2.20 bits per heavy atom. The third-order valence-electron chi connectivity index (χ3n) is 2.40. The molecule has 0 unspecified atom stereocenters. The van der Waals surface area contributed by atoms with Gasteiger partial charge in [-0.1, -0.05) is 13.0 Å². The van der Waals surface area contributed by atoms with Gasteiger partial charge in [-0.25, -0.2) is 4.98 Å². The molecule has 0 amide bonds. The number of aromatic amines is 1. The number of fused-ring (bicyclic) bond motifs is 1. The van der Waals surface area contributed by atoms with E-state index in [4.69, 9.17) is 0 Å². The second-order valence-corrected chi connectivity index (χ2v) is 3.78. The smallest absolute Gasteiger partial charge is 0.258 e. The van der Waals surface area contributed by atoms with Gasteiger partial charge in [0.15, 0.2) is 0 Å². The Morgan fingerprint density at radius 1 is 1.40 bits per heavy atom. The molecule has 0 aliphatic carbocycles. The number of H-pyrrole nitrogens is 1. The van der Waals surface area contributed by atoms with Gasteiger partial charge in [0.1, 0.15) is 5.82 Å². The van der Waals surface area contributed by atoms with Gasteiger partial charge in [0.25, 0.3) is 5.56 Å². The molecule has 78 valence electrons. The molecule has 15 heavy (non-hydrogen) atoms. The molecule has 0 aliphatic rings. The summed E-state index contributed by atoms with van der Waals surface area (Å²) in [5.41, 5.74) is 1.88. The normalized spacial score (nSPS) is 10.8. The summed E-state index contributed by atoms with van der Waals surface area (Å²) >= 11 is 0. The van der Waals surface area contributed by atoms with Crippen molar-refractivity contribution >= 4 is 10.9 Å². The Labute approximate surface area is 88.2 Å². The number of benzene rings is 1. The zero-order chi connectivity index (χ0) is 10.8. The van der Waals surface area contributed by atoms with E-state index >= 15 is 0 Å².